The lowest BCUT2D eigenvalue weighted by atomic mass is 9.99. The molecule has 0 spiro atoms. The van der Waals surface area contributed by atoms with E-state index in [-0.39, 0.29) is 18.3 Å². The molecule has 0 aromatic heterocycles. The van der Waals surface area contributed by atoms with Crippen LogP contribution in [0.25, 0.3) is 0 Å². The molecule has 0 aliphatic carbocycles. The van der Waals surface area contributed by atoms with Crippen molar-refractivity contribution in [3.8, 4) is 17.2 Å². The van der Waals surface area contributed by atoms with Crippen LogP contribution in [0.3, 0.4) is 0 Å². The van der Waals surface area contributed by atoms with Gasteiger partial charge in [0, 0.05) is 0 Å². The van der Waals surface area contributed by atoms with Gasteiger partial charge in [0.2, 0.25) is 0 Å². The van der Waals surface area contributed by atoms with Crippen LogP contribution < -0.4 is 19.6 Å². The van der Waals surface area contributed by atoms with Gasteiger partial charge in [0.05, 0.1) is 18.9 Å². The lowest BCUT2D eigenvalue weighted by Crippen LogP contribution is -2.24. The molecule has 3 aromatic carbocycles. The number of amides is 1. The number of carbonyl (C=O) groups excluding carboxylic acids is 2. The highest BCUT2D eigenvalue weighted by Gasteiger charge is 2.12. The van der Waals surface area contributed by atoms with Gasteiger partial charge in [0.25, 0.3) is 5.91 Å². The number of hydrogen-bond donors (Lipinski definition) is 1. The first kappa shape index (κ1) is 24.5. The molecule has 7 heteroatoms. The number of benzene rings is 3. The first-order chi connectivity index (χ1) is 16.5. The van der Waals surface area contributed by atoms with Crippen LogP contribution in [0.2, 0.25) is 0 Å². The second-order valence-electron chi connectivity index (χ2n) is 7.63. The average Bonchev–Trinajstić information content (AvgIpc) is 2.88. The number of nitrogens with zero attached hydrogens (tertiary/aromatic N) is 1. The van der Waals surface area contributed by atoms with Crippen molar-refractivity contribution < 1.29 is 23.8 Å². The van der Waals surface area contributed by atoms with Gasteiger partial charge in [-0.1, -0.05) is 44.2 Å². The number of rotatable bonds is 10. The van der Waals surface area contributed by atoms with E-state index in [1.54, 1.807) is 42.5 Å². The Hall–Kier alpha value is -4.13. The molecule has 1 N–H and O–H groups in total. The van der Waals surface area contributed by atoms with Crippen LogP contribution >= 0.6 is 0 Å². The fourth-order valence-corrected chi connectivity index (χ4v) is 3.07. The van der Waals surface area contributed by atoms with Crippen LogP contribution in [0.4, 0.5) is 0 Å². The summed E-state index contributed by atoms with van der Waals surface area (Å²) in [6.45, 7) is 4.16. The Morgan fingerprint density at radius 1 is 1.00 bits per heavy atom. The molecule has 1 atom stereocenters. The Balaban J connectivity index is 1.51. The lowest BCUT2D eigenvalue weighted by Gasteiger charge is -2.10. The Bertz CT molecular complexity index is 1130. The number of nitrogens with one attached hydrogen (secondary N) is 1. The van der Waals surface area contributed by atoms with Crippen molar-refractivity contribution in [3.63, 3.8) is 0 Å². The number of esters is 1. The highest BCUT2D eigenvalue weighted by molar-refractivity contribution is 5.91. The maximum absolute atomic E-state index is 12.3. The van der Waals surface area contributed by atoms with E-state index in [2.05, 4.69) is 24.4 Å². The zero-order chi connectivity index (χ0) is 24.3. The summed E-state index contributed by atoms with van der Waals surface area (Å²) in [6, 6.07) is 21.4. The van der Waals surface area contributed by atoms with E-state index in [4.69, 9.17) is 14.2 Å². The standard InChI is InChI=1S/C27H28N2O5/c1-4-19(2)21-11-13-23(14-12-21)33-18-26(30)29-28-17-20-10-15-24(25(16-20)32-3)34-27(31)22-8-6-5-7-9-22/h5-17,19H,4,18H2,1-3H3,(H,29,30)/b28-17+/t19-/m1/s1. The molecule has 1 amide bonds. The first-order valence-electron chi connectivity index (χ1n) is 11.0. The highest BCUT2D eigenvalue weighted by atomic mass is 16.6. The molecule has 176 valence electrons. The maximum Gasteiger partial charge on any atom is 0.343 e. The van der Waals surface area contributed by atoms with Gasteiger partial charge in [-0.3, -0.25) is 4.79 Å². The summed E-state index contributed by atoms with van der Waals surface area (Å²) in [5.41, 5.74) is 4.75. The van der Waals surface area contributed by atoms with Crippen LogP contribution in [-0.2, 0) is 4.79 Å². The number of methoxy groups -OCH3 is 1. The van der Waals surface area contributed by atoms with Crippen LogP contribution in [0, 0.1) is 0 Å². The molecule has 0 aliphatic heterocycles. The normalized spacial score (nSPS) is 11.6. The molecule has 0 saturated carbocycles. The van der Waals surface area contributed by atoms with Crippen LogP contribution in [0.5, 0.6) is 17.2 Å². The Morgan fingerprint density at radius 3 is 2.41 bits per heavy atom. The fraction of sp³-hybridized carbons (Fsp3) is 0.222. The second-order valence-corrected chi connectivity index (χ2v) is 7.63. The summed E-state index contributed by atoms with van der Waals surface area (Å²) in [5, 5.41) is 3.95. The third-order valence-electron chi connectivity index (χ3n) is 5.23. The van der Waals surface area contributed by atoms with Gasteiger partial charge in [0.15, 0.2) is 18.1 Å². The van der Waals surface area contributed by atoms with E-state index in [1.165, 1.54) is 18.9 Å². The molecule has 34 heavy (non-hydrogen) atoms. The molecule has 0 fully saturated rings. The van der Waals surface area contributed by atoms with Gasteiger partial charge in [-0.25, -0.2) is 10.2 Å². The van der Waals surface area contributed by atoms with Crippen LogP contribution in [0.1, 0.15) is 47.7 Å². The first-order valence-corrected chi connectivity index (χ1v) is 11.0. The van der Waals surface area contributed by atoms with Crippen molar-refractivity contribution in [1.29, 1.82) is 0 Å². The lowest BCUT2D eigenvalue weighted by molar-refractivity contribution is -0.123. The topological polar surface area (TPSA) is 86.2 Å². The summed E-state index contributed by atoms with van der Waals surface area (Å²) < 4.78 is 16.3. The van der Waals surface area contributed by atoms with Crippen molar-refractivity contribution in [2.24, 2.45) is 5.10 Å². The summed E-state index contributed by atoms with van der Waals surface area (Å²) in [7, 11) is 1.48. The number of ether oxygens (including phenoxy) is 3. The van der Waals surface area contributed by atoms with E-state index in [0.717, 1.165) is 6.42 Å². The summed E-state index contributed by atoms with van der Waals surface area (Å²) in [5.74, 6) is 0.880. The zero-order valence-corrected chi connectivity index (χ0v) is 19.5. The number of hydrazone groups is 1. The zero-order valence-electron chi connectivity index (χ0n) is 19.5. The van der Waals surface area contributed by atoms with Gasteiger partial charge in [0.1, 0.15) is 5.75 Å². The molecular formula is C27H28N2O5. The van der Waals surface area contributed by atoms with Gasteiger partial charge in [-0.15, -0.1) is 0 Å². The Labute approximate surface area is 199 Å². The predicted molar refractivity (Wildman–Crippen MR) is 131 cm³/mol. The molecule has 7 nitrogen and oxygen atoms in total. The number of carbonyl (C=O) groups is 2. The van der Waals surface area contributed by atoms with Gasteiger partial charge >= 0.3 is 5.97 Å². The molecule has 3 rings (SSSR count). The van der Waals surface area contributed by atoms with Gasteiger partial charge < -0.3 is 14.2 Å². The summed E-state index contributed by atoms with van der Waals surface area (Å²) in [4.78, 5) is 24.3. The van der Waals surface area contributed by atoms with Crippen LogP contribution in [0.15, 0.2) is 77.9 Å². The van der Waals surface area contributed by atoms with Crippen LogP contribution in [-0.4, -0.2) is 31.8 Å². The molecule has 3 aromatic rings. The minimum absolute atomic E-state index is 0.155. The Kier molecular flexibility index (Phi) is 8.80. The van der Waals surface area contributed by atoms with Crippen molar-refractivity contribution in [2.45, 2.75) is 26.2 Å². The van der Waals surface area contributed by atoms with Crippen molar-refractivity contribution >= 4 is 18.1 Å². The maximum atomic E-state index is 12.3. The molecule has 0 heterocycles. The fourth-order valence-electron chi connectivity index (χ4n) is 3.07. The third-order valence-corrected chi connectivity index (χ3v) is 5.23. The SMILES string of the molecule is CC[C@@H](C)c1ccc(OCC(=O)N/N=C/c2ccc(OC(=O)c3ccccc3)c(OC)c2)cc1. The van der Waals surface area contributed by atoms with E-state index < -0.39 is 5.97 Å². The van der Waals surface area contributed by atoms with E-state index >= 15 is 0 Å². The summed E-state index contributed by atoms with van der Waals surface area (Å²) >= 11 is 0. The average molecular weight is 461 g/mol. The van der Waals surface area contributed by atoms with Gasteiger partial charge in [-0.2, -0.15) is 5.10 Å². The van der Waals surface area contributed by atoms with Crippen molar-refractivity contribution in [2.75, 3.05) is 13.7 Å². The molecule has 0 aliphatic rings. The summed E-state index contributed by atoms with van der Waals surface area (Å²) in [6.07, 6.45) is 2.53. The molecule has 0 bridgehead atoms. The van der Waals surface area contributed by atoms with Crippen molar-refractivity contribution in [1.82, 2.24) is 5.43 Å². The molecule has 0 saturated heterocycles. The molecular weight excluding hydrogens is 432 g/mol. The monoisotopic (exact) mass is 460 g/mol. The van der Waals surface area contributed by atoms with E-state index in [9.17, 15) is 9.59 Å². The minimum atomic E-state index is -0.484. The van der Waals surface area contributed by atoms with E-state index in [1.807, 2.05) is 30.3 Å². The van der Waals surface area contributed by atoms with E-state index in [0.29, 0.717) is 28.5 Å². The largest absolute Gasteiger partial charge is 0.493 e. The van der Waals surface area contributed by atoms with Crippen molar-refractivity contribution in [3.05, 3.63) is 89.5 Å². The molecule has 0 unspecified atom stereocenters. The quantitative estimate of drug-likeness (QED) is 0.200. The predicted octanol–water partition coefficient (Wildman–Crippen LogP) is 4.96. The third kappa shape index (κ3) is 6.93. The molecule has 0 radical (unpaired) electrons. The van der Waals surface area contributed by atoms with Gasteiger partial charge in [-0.05, 0) is 65.9 Å². The second kappa shape index (κ2) is 12.2. The minimum Gasteiger partial charge on any atom is -0.493 e. The Morgan fingerprint density at radius 2 is 1.74 bits per heavy atom. The highest BCUT2D eigenvalue weighted by Crippen LogP contribution is 2.28. The smallest absolute Gasteiger partial charge is 0.343 e. The number of hydrogen-bond acceptors (Lipinski definition) is 6.